The molecule has 0 aromatic carbocycles. The normalized spacial score (nSPS) is 23.1. The highest BCUT2D eigenvalue weighted by Crippen LogP contribution is 2.18. The second-order valence-corrected chi connectivity index (χ2v) is 3.83. The molecule has 5 heteroatoms. The van der Waals surface area contributed by atoms with Gasteiger partial charge >= 0.3 is 0 Å². The van der Waals surface area contributed by atoms with Crippen LogP contribution in [0.15, 0.2) is 6.20 Å². The predicted molar refractivity (Wildman–Crippen MR) is 51.5 cm³/mol. The number of aliphatic hydroxyl groups is 1. The Morgan fingerprint density at radius 1 is 1.64 bits per heavy atom. The molecule has 1 saturated heterocycles. The van der Waals surface area contributed by atoms with Gasteiger partial charge in [0.2, 0.25) is 0 Å². The van der Waals surface area contributed by atoms with Crippen molar-refractivity contribution in [1.29, 1.82) is 0 Å². The van der Waals surface area contributed by atoms with Crippen molar-refractivity contribution in [2.24, 2.45) is 7.05 Å². The molecule has 0 aliphatic carbocycles. The second-order valence-electron chi connectivity index (χ2n) is 3.83. The first-order chi connectivity index (χ1) is 6.79. The average molecular weight is 196 g/mol. The lowest BCUT2D eigenvalue weighted by atomic mass is 10.2. The third-order valence-corrected chi connectivity index (χ3v) is 2.73. The van der Waals surface area contributed by atoms with Crippen LogP contribution < -0.4 is 0 Å². The van der Waals surface area contributed by atoms with E-state index in [0.717, 1.165) is 25.2 Å². The van der Waals surface area contributed by atoms with Gasteiger partial charge in [0.15, 0.2) is 0 Å². The summed E-state index contributed by atoms with van der Waals surface area (Å²) in [5, 5.41) is 17.1. The minimum atomic E-state index is 0.250. The Hall–Kier alpha value is -0.940. The van der Waals surface area contributed by atoms with Crippen molar-refractivity contribution in [1.82, 2.24) is 19.9 Å². The average Bonchev–Trinajstić information content (AvgIpc) is 2.76. The minimum Gasteiger partial charge on any atom is -0.395 e. The van der Waals surface area contributed by atoms with Crippen LogP contribution in [0.1, 0.15) is 18.5 Å². The number of aromatic nitrogens is 3. The highest BCUT2D eigenvalue weighted by molar-refractivity contribution is 4.94. The number of likely N-dealkylation sites (tertiary alicyclic amines) is 1. The van der Waals surface area contributed by atoms with Crippen molar-refractivity contribution < 1.29 is 5.11 Å². The van der Waals surface area contributed by atoms with Gasteiger partial charge in [-0.15, -0.1) is 5.10 Å². The van der Waals surface area contributed by atoms with E-state index in [-0.39, 0.29) is 6.61 Å². The van der Waals surface area contributed by atoms with E-state index in [9.17, 15) is 0 Å². The fraction of sp³-hybridized carbons (Fsp3) is 0.778. The van der Waals surface area contributed by atoms with Crippen LogP contribution in [0, 0.1) is 0 Å². The first kappa shape index (κ1) is 9.61. The molecule has 1 aromatic rings. The molecule has 14 heavy (non-hydrogen) atoms. The van der Waals surface area contributed by atoms with Gasteiger partial charge in [-0.3, -0.25) is 9.58 Å². The molecule has 0 unspecified atom stereocenters. The summed E-state index contributed by atoms with van der Waals surface area (Å²) in [4.78, 5) is 2.27. The Labute approximate surface area is 83.3 Å². The van der Waals surface area contributed by atoms with Crippen LogP contribution in [-0.2, 0) is 13.6 Å². The molecule has 1 fully saturated rings. The number of nitrogens with zero attached hydrogens (tertiary/aromatic N) is 4. The number of hydrogen-bond donors (Lipinski definition) is 1. The van der Waals surface area contributed by atoms with Crippen LogP contribution in [0.2, 0.25) is 0 Å². The summed E-state index contributed by atoms with van der Waals surface area (Å²) in [6, 6.07) is 0.317. The first-order valence-electron chi connectivity index (χ1n) is 4.99. The molecule has 0 radical (unpaired) electrons. The summed E-state index contributed by atoms with van der Waals surface area (Å²) >= 11 is 0. The van der Waals surface area contributed by atoms with Gasteiger partial charge in [0.05, 0.1) is 12.3 Å². The maximum absolute atomic E-state index is 9.14. The van der Waals surface area contributed by atoms with Crippen molar-refractivity contribution in [2.75, 3.05) is 13.2 Å². The second kappa shape index (κ2) is 4.06. The Bertz CT molecular complexity index is 299. The third-order valence-electron chi connectivity index (χ3n) is 2.73. The molecule has 1 aromatic heterocycles. The Balaban J connectivity index is 1.96. The molecule has 0 spiro atoms. The van der Waals surface area contributed by atoms with Crippen LogP contribution in [0.5, 0.6) is 0 Å². The molecule has 1 aliphatic heterocycles. The lowest BCUT2D eigenvalue weighted by Gasteiger charge is -2.20. The minimum absolute atomic E-state index is 0.250. The van der Waals surface area contributed by atoms with E-state index in [2.05, 4.69) is 15.2 Å². The molecular weight excluding hydrogens is 180 g/mol. The van der Waals surface area contributed by atoms with Gasteiger partial charge < -0.3 is 5.11 Å². The molecule has 1 N–H and O–H groups in total. The maximum Gasteiger partial charge on any atom is 0.0967 e. The summed E-state index contributed by atoms with van der Waals surface area (Å²) in [6.45, 7) is 2.11. The molecule has 0 amide bonds. The molecule has 2 heterocycles. The Morgan fingerprint density at radius 2 is 2.50 bits per heavy atom. The standard InChI is InChI=1S/C9H16N4O/c1-12-5-8(10-11-12)6-13-4-2-3-9(13)7-14/h5,9,14H,2-4,6-7H2,1H3/t9-/m1/s1. The van der Waals surface area contributed by atoms with Crippen LogP contribution in [0.25, 0.3) is 0 Å². The van der Waals surface area contributed by atoms with Crippen molar-refractivity contribution in [3.05, 3.63) is 11.9 Å². The van der Waals surface area contributed by atoms with Crippen LogP contribution >= 0.6 is 0 Å². The van der Waals surface area contributed by atoms with E-state index in [1.165, 1.54) is 6.42 Å². The zero-order chi connectivity index (χ0) is 9.97. The van der Waals surface area contributed by atoms with E-state index in [1.54, 1.807) is 4.68 Å². The summed E-state index contributed by atoms with van der Waals surface area (Å²) in [5.41, 5.74) is 0.979. The highest BCUT2D eigenvalue weighted by atomic mass is 16.3. The van der Waals surface area contributed by atoms with Crippen molar-refractivity contribution >= 4 is 0 Å². The molecule has 0 saturated carbocycles. The summed E-state index contributed by atoms with van der Waals surface area (Å²) in [6.07, 6.45) is 4.19. The number of hydrogen-bond acceptors (Lipinski definition) is 4. The van der Waals surface area contributed by atoms with Crippen molar-refractivity contribution in [3.8, 4) is 0 Å². The van der Waals surface area contributed by atoms with Gasteiger partial charge in [-0.1, -0.05) is 5.21 Å². The van der Waals surface area contributed by atoms with E-state index in [4.69, 9.17) is 5.11 Å². The highest BCUT2D eigenvalue weighted by Gasteiger charge is 2.24. The molecule has 2 rings (SSSR count). The van der Waals surface area contributed by atoms with E-state index < -0.39 is 0 Å². The first-order valence-corrected chi connectivity index (χ1v) is 4.99. The van der Waals surface area contributed by atoms with Crippen LogP contribution in [0.3, 0.4) is 0 Å². The number of aliphatic hydroxyl groups excluding tert-OH is 1. The summed E-state index contributed by atoms with van der Waals surface area (Å²) in [5.74, 6) is 0. The molecule has 78 valence electrons. The molecule has 5 nitrogen and oxygen atoms in total. The Kier molecular flexibility index (Phi) is 2.79. The van der Waals surface area contributed by atoms with Gasteiger partial charge in [-0.25, -0.2) is 0 Å². The largest absolute Gasteiger partial charge is 0.395 e. The van der Waals surface area contributed by atoms with Gasteiger partial charge in [0.25, 0.3) is 0 Å². The van der Waals surface area contributed by atoms with Gasteiger partial charge in [0.1, 0.15) is 0 Å². The van der Waals surface area contributed by atoms with Gasteiger partial charge in [0, 0.05) is 25.8 Å². The number of rotatable bonds is 3. The van der Waals surface area contributed by atoms with E-state index >= 15 is 0 Å². The third kappa shape index (κ3) is 1.93. The lowest BCUT2D eigenvalue weighted by molar-refractivity contribution is 0.152. The molecule has 0 bridgehead atoms. The Morgan fingerprint density at radius 3 is 3.14 bits per heavy atom. The van der Waals surface area contributed by atoms with Gasteiger partial charge in [-0.05, 0) is 19.4 Å². The van der Waals surface area contributed by atoms with E-state index in [1.807, 2.05) is 13.2 Å². The molecule has 1 atom stereocenters. The SMILES string of the molecule is Cn1cc(CN2CCC[C@@H]2CO)nn1. The molecular formula is C9H16N4O. The lowest BCUT2D eigenvalue weighted by Crippen LogP contribution is -2.31. The zero-order valence-electron chi connectivity index (χ0n) is 8.43. The quantitative estimate of drug-likeness (QED) is 0.725. The van der Waals surface area contributed by atoms with Crippen molar-refractivity contribution in [2.45, 2.75) is 25.4 Å². The summed E-state index contributed by atoms with van der Waals surface area (Å²) < 4.78 is 1.71. The topological polar surface area (TPSA) is 54.2 Å². The monoisotopic (exact) mass is 196 g/mol. The molecule has 1 aliphatic rings. The summed E-state index contributed by atoms with van der Waals surface area (Å²) in [7, 11) is 1.87. The smallest absolute Gasteiger partial charge is 0.0967 e. The predicted octanol–water partition coefficient (Wildman–Crippen LogP) is -0.228. The van der Waals surface area contributed by atoms with Crippen LogP contribution in [0.4, 0.5) is 0 Å². The van der Waals surface area contributed by atoms with E-state index in [0.29, 0.717) is 6.04 Å². The fourth-order valence-corrected chi connectivity index (χ4v) is 1.99. The fourth-order valence-electron chi connectivity index (χ4n) is 1.99. The van der Waals surface area contributed by atoms with Crippen molar-refractivity contribution in [3.63, 3.8) is 0 Å². The number of aryl methyl sites for hydroxylation is 1. The van der Waals surface area contributed by atoms with Gasteiger partial charge in [-0.2, -0.15) is 0 Å². The maximum atomic E-state index is 9.14. The van der Waals surface area contributed by atoms with Crippen LogP contribution in [-0.4, -0.2) is 44.2 Å². The zero-order valence-corrected chi connectivity index (χ0v) is 8.43.